The predicted molar refractivity (Wildman–Crippen MR) is 156 cm³/mol. The van der Waals surface area contributed by atoms with Crippen LogP contribution in [0, 0.1) is 0 Å². The Kier molecular flexibility index (Phi) is 11.0. The van der Waals surface area contributed by atoms with Crippen molar-refractivity contribution in [3.05, 3.63) is 46.5 Å². The predicted octanol–water partition coefficient (Wildman–Crippen LogP) is 2.59. The summed E-state index contributed by atoms with van der Waals surface area (Å²) in [6, 6.07) is 7.53. The van der Waals surface area contributed by atoms with Gasteiger partial charge >= 0.3 is 36.1 Å². The molecule has 46 heavy (non-hydrogen) atoms. The summed E-state index contributed by atoms with van der Waals surface area (Å²) in [6.07, 6.45) is 0.241. The minimum absolute atomic E-state index is 0.0531. The Morgan fingerprint density at radius 3 is 2.39 bits per heavy atom. The molecule has 4 rings (SSSR count). The van der Waals surface area contributed by atoms with E-state index >= 15 is 0 Å². The Morgan fingerprint density at radius 1 is 1.09 bits per heavy atom. The minimum atomic E-state index is -6.19. The lowest BCUT2D eigenvalue weighted by molar-refractivity contribution is -0.0423. The van der Waals surface area contributed by atoms with Gasteiger partial charge in [0.2, 0.25) is 5.95 Å². The molecule has 21 nitrogen and oxygen atoms in total. The van der Waals surface area contributed by atoms with Crippen LogP contribution in [0.5, 0.6) is 0 Å². The molecule has 1 aromatic carbocycles. The maximum absolute atomic E-state index is 12.7. The van der Waals surface area contributed by atoms with Crippen molar-refractivity contribution >= 4 is 58.9 Å². The van der Waals surface area contributed by atoms with Crippen LogP contribution in [0.3, 0.4) is 0 Å². The van der Waals surface area contributed by atoms with Gasteiger partial charge in [0.1, 0.15) is 12.3 Å². The second kappa shape index (κ2) is 14.0. The lowest BCUT2D eigenvalue weighted by atomic mass is 10.1. The van der Waals surface area contributed by atoms with E-state index in [1.54, 1.807) is 0 Å². The molecule has 1 aliphatic rings. The van der Waals surface area contributed by atoms with Crippen LogP contribution in [0.4, 0.5) is 16.4 Å². The SMILES string of the molecule is CCCCc1ccc(Nc2nc3c(ncn3[C@H]3C[C@H](O)[C@@H](COP(=O)(O)OP(=O)(O)OP(=O)(O)C(=O)P(=O)(O)O)O3)c(=O)[nH]2)cc1. The van der Waals surface area contributed by atoms with Crippen LogP contribution < -0.4 is 10.9 Å². The van der Waals surface area contributed by atoms with Gasteiger partial charge in [-0.25, -0.2) is 18.4 Å². The quantitative estimate of drug-likeness (QED) is 0.104. The van der Waals surface area contributed by atoms with Crippen molar-refractivity contribution in [2.75, 3.05) is 11.9 Å². The summed E-state index contributed by atoms with van der Waals surface area (Å²) in [6.45, 7) is 1.11. The first kappa shape index (κ1) is 36.4. The molecule has 0 amide bonds. The molecule has 0 spiro atoms. The number of aromatic amines is 1. The Balaban J connectivity index is 1.42. The van der Waals surface area contributed by atoms with Gasteiger partial charge in [-0.05, 0) is 30.5 Å². The van der Waals surface area contributed by atoms with Crippen molar-refractivity contribution < 1.29 is 70.5 Å². The summed E-state index contributed by atoms with van der Waals surface area (Å²) in [7, 11) is -23.9. The van der Waals surface area contributed by atoms with Crippen molar-refractivity contribution in [1.29, 1.82) is 0 Å². The number of imidazole rings is 1. The molecule has 6 atom stereocenters. The van der Waals surface area contributed by atoms with Crippen LogP contribution >= 0.6 is 30.8 Å². The third kappa shape index (κ3) is 9.13. The van der Waals surface area contributed by atoms with Gasteiger partial charge < -0.3 is 39.6 Å². The maximum atomic E-state index is 12.7. The molecule has 8 N–H and O–H groups in total. The third-order valence-electron chi connectivity index (χ3n) is 6.30. The van der Waals surface area contributed by atoms with Crippen molar-refractivity contribution in [3.8, 4) is 0 Å². The maximum Gasteiger partial charge on any atom is 0.488 e. The molecule has 3 aromatic rings. The third-order valence-corrected chi connectivity index (χ3v) is 12.7. The standard InChI is InChI=1S/C21H29N5O16P4/c1-2-3-4-12-5-7-13(8-6-12)23-20-24-18-17(19(28)25-20)22-11-26(18)16-9-14(27)15(40-16)10-39-45(35,36)42-46(37,38)41-44(33,34)21(29)43(30,31)32/h5-8,11,14-16,27H,2-4,9-10H2,1H3,(H,33,34)(H,35,36)(H,37,38)(H2,30,31,32)(H2,23,24,25,28)/t14-,15+,16+/m0/s1. The molecule has 3 heterocycles. The molecular formula is C21H29N5O16P4. The molecule has 2 aromatic heterocycles. The van der Waals surface area contributed by atoms with Crippen molar-refractivity contribution in [3.63, 3.8) is 0 Å². The van der Waals surface area contributed by atoms with Gasteiger partial charge in [-0.2, -0.15) is 9.29 Å². The number of aryl methyl sites for hydroxylation is 1. The number of aliphatic hydroxyl groups excluding tert-OH is 1. The number of carbonyl (C=O) groups is 1. The van der Waals surface area contributed by atoms with E-state index in [1.807, 2.05) is 24.3 Å². The Bertz CT molecular complexity index is 1840. The summed E-state index contributed by atoms with van der Waals surface area (Å²) in [5, 5.41) is 10.7. The van der Waals surface area contributed by atoms with Crippen LogP contribution in [0.25, 0.3) is 11.2 Å². The average Bonchev–Trinajstić information content (AvgIpc) is 3.52. The number of H-pyrrole nitrogens is 1. The molecule has 0 saturated carbocycles. The van der Waals surface area contributed by atoms with Crippen molar-refractivity contribution in [2.24, 2.45) is 0 Å². The number of nitrogens with one attached hydrogen (secondary N) is 2. The summed E-state index contributed by atoms with van der Waals surface area (Å²) in [5.41, 5.74) is 1.18. The van der Waals surface area contributed by atoms with Gasteiger partial charge in [0, 0.05) is 12.1 Å². The molecule has 1 saturated heterocycles. The van der Waals surface area contributed by atoms with E-state index in [4.69, 9.17) is 14.5 Å². The fourth-order valence-corrected chi connectivity index (χ4v) is 9.18. The number of ether oxygens (including phenoxy) is 1. The van der Waals surface area contributed by atoms with Crippen LogP contribution in [0.1, 0.15) is 38.0 Å². The molecule has 3 unspecified atom stereocenters. The zero-order chi connectivity index (χ0) is 34.1. The number of aromatic nitrogens is 4. The number of hydrogen-bond donors (Lipinski definition) is 8. The molecular weight excluding hydrogens is 702 g/mol. The van der Waals surface area contributed by atoms with E-state index in [0.29, 0.717) is 5.69 Å². The first-order valence-corrected chi connectivity index (χ1v) is 19.3. The molecule has 254 valence electrons. The topological polar surface area (TPSA) is 319 Å². The largest absolute Gasteiger partial charge is 0.488 e. The van der Waals surface area contributed by atoms with Gasteiger partial charge in [-0.3, -0.25) is 32.8 Å². The highest BCUT2D eigenvalue weighted by molar-refractivity contribution is 7.98. The molecule has 0 bridgehead atoms. The van der Waals surface area contributed by atoms with Gasteiger partial charge in [-0.15, -0.1) is 0 Å². The van der Waals surface area contributed by atoms with Crippen LogP contribution in [0.2, 0.25) is 0 Å². The van der Waals surface area contributed by atoms with Crippen LogP contribution in [-0.4, -0.2) is 73.2 Å². The Labute approximate surface area is 258 Å². The van der Waals surface area contributed by atoms with E-state index in [0.717, 1.165) is 24.8 Å². The zero-order valence-electron chi connectivity index (χ0n) is 23.6. The summed E-state index contributed by atoms with van der Waals surface area (Å²) >= 11 is 0. The molecule has 1 fully saturated rings. The highest BCUT2D eigenvalue weighted by Gasteiger charge is 2.51. The Hall–Kier alpha value is -2.44. The summed E-state index contributed by atoms with van der Waals surface area (Å²) < 4.78 is 65.5. The van der Waals surface area contributed by atoms with E-state index in [1.165, 1.54) is 10.9 Å². The minimum Gasteiger partial charge on any atom is -0.390 e. The number of fused-ring (bicyclic) bond motifs is 1. The fourth-order valence-electron chi connectivity index (χ4n) is 4.18. The number of carbonyl (C=O) groups excluding carboxylic acids is 1. The lowest BCUT2D eigenvalue weighted by Crippen LogP contribution is -2.26. The number of benzene rings is 1. The number of aliphatic hydroxyl groups is 1. The van der Waals surface area contributed by atoms with E-state index in [2.05, 4.69) is 40.3 Å². The Morgan fingerprint density at radius 2 is 1.76 bits per heavy atom. The lowest BCUT2D eigenvalue weighted by Gasteiger charge is -2.20. The second-order valence-electron chi connectivity index (χ2n) is 9.84. The first-order valence-electron chi connectivity index (χ1n) is 13.1. The van der Waals surface area contributed by atoms with Gasteiger partial charge in [0.05, 0.1) is 19.0 Å². The average molecular weight is 731 g/mol. The smallest absolute Gasteiger partial charge is 0.390 e. The normalized spacial score (nSPS) is 22.6. The number of hydrogen-bond acceptors (Lipinski definition) is 14. The van der Waals surface area contributed by atoms with Crippen LogP contribution in [-0.2, 0) is 42.6 Å². The van der Waals surface area contributed by atoms with E-state index in [9.17, 15) is 47.6 Å². The fraction of sp³-hybridized carbons (Fsp3) is 0.429. The molecule has 25 heteroatoms. The number of nitrogens with zero attached hydrogens (tertiary/aromatic N) is 3. The highest BCUT2D eigenvalue weighted by Crippen LogP contribution is 2.70. The number of phosphoric ester groups is 1. The molecule has 1 aliphatic heterocycles. The molecule has 0 aliphatic carbocycles. The highest BCUT2D eigenvalue weighted by atomic mass is 31.3. The second-order valence-corrected chi connectivity index (χ2v) is 16.6. The summed E-state index contributed by atoms with van der Waals surface area (Å²) in [5.74, 6) is 0.0722. The monoisotopic (exact) mass is 731 g/mol. The number of anilines is 2. The van der Waals surface area contributed by atoms with Crippen molar-refractivity contribution in [1.82, 2.24) is 19.5 Å². The zero-order valence-corrected chi connectivity index (χ0v) is 27.1. The number of rotatable bonds is 15. The number of phosphoric acid groups is 2. The number of unbranched alkanes of at least 4 members (excludes halogenated alkanes) is 1. The van der Waals surface area contributed by atoms with Gasteiger partial charge in [0.25, 0.3) is 5.56 Å². The van der Waals surface area contributed by atoms with E-state index in [-0.39, 0.29) is 23.5 Å². The van der Waals surface area contributed by atoms with E-state index < -0.39 is 66.7 Å². The van der Waals surface area contributed by atoms with Gasteiger partial charge in [-0.1, -0.05) is 25.5 Å². The van der Waals surface area contributed by atoms with Crippen LogP contribution in [0.15, 0.2) is 35.4 Å². The summed E-state index contributed by atoms with van der Waals surface area (Å²) in [4.78, 5) is 81.0. The first-order chi connectivity index (χ1) is 21.3. The van der Waals surface area contributed by atoms with Gasteiger partial charge in [0.15, 0.2) is 11.2 Å². The van der Waals surface area contributed by atoms with Crippen molar-refractivity contribution in [2.45, 2.75) is 51.0 Å². The molecule has 0 radical (unpaired) electrons.